The maximum atomic E-state index is 12.3. The molecule has 114 valence electrons. The molecule has 2 aromatic rings. The highest BCUT2D eigenvalue weighted by Crippen LogP contribution is 2.07. The fraction of sp³-hybridized carbons (Fsp3) is 0.471. The molecule has 0 spiro atoms. The van der Waals surface area contributed by atoms with Crippen molar-refractivity contribution in [3.63, 3.8) is 0 Å². The third-order valence-electron chi connectivity index (χ3n) is 3.48. The van der Waals surface area contributed by atoms with E-state index in [0.717, 1.165) is 49.9 Å². The van der Waals surface area contributed by atoms with Gasteiger partial charge in [-0.25, -0.2) is 0 Å². The highest BCUT2D eigenvalue weighted by molar-refractivity contribution is 5.81. The van der Waals surface area contributed by atoms with E-state index in [4.69, 9.17) is 4.74 Å². The van der Waals surface area contributed by atoms with Crippen LogP contribution in [0.3, 0.4) is 0 Å². The van der Waals surface area contributed by atoms with E-state index in [9.17, 15) is 4.79 Å². The zero-order valence-corrected chi connectivity index (χ0v) is 12.7. The second-order valence-corrected chi connectivity index (χ2v) is 5.12. The Labute approximate surface area is 125 Å². The molecule has 0 saturated carbocycles. The van der Waals surface area contributed by atoms with Crippen LogP contribution >= 0.6 is 0 Å². The number of rotatable bonds is 9. The van der Waals surface area contributed by atoms with E-state index in [1.807, 2.05) is 36.5 Å². The molecule has 0 aliphatic carbocycles. The molecule has 1 heterocycles. The number of fused-ring (bicyclic) bond motifs is 1. The fourth-order valence-corrected chi connectivity index (χ4v) is 2.22. The van der Waals surface area contributed by atoms with E-state index in [-0.39, 0.29) is 5.56 Å². The van der Waals surface area contributed by atoms with Crippen molar-refractivity contribution in [3.05, 3.63) is 46.9 Å². The molecule has 1 N–H and O–H groups in total. The number of hydrogen-bond acceptors (Lipinski definition) is 3. The molecular weight excluding hydrogens is 264 g/mol. The van der Waals surface area contributed by atoms with Gasteiger partial charge in [-0.2, -0.15) is 0 Å². The van der Waals surface area contributed by atoms with Gasteiger partial charge in [0.05, 0.1) is 6.61 Å². The summed E-state index contributed by atoms with van der Waals surface area (Å²) in [5, 5.41) is 5.08. The predicted molar refractivity (Wildman–Crippen MR) is 86.8 cm³/mol. The number of pyridine rings is 1. The summed E-state index contributed by atoms with van der Waals surface area (Å²) in [7, 11) is 0. The van der Waals surface area contributed by atoms with Crippen LogP contribution in [0.2, 0.25) is 0 Å². The molecule has 0 radical (unpaired) electrons. The predicted octanol–water partition coefficient (Wildman–Crippen LogP) is 2.41. The molecule has 21 heavy (non-hydrogen) atoms. The van der Waals surface area contributed by atoms with Gasteiger partial charge in [0.1, 0.15) is 0 Å². The topological polar surface area (TPSA) is 43.3 Å². The molecule has 0 aliphatic rings. The van der Waals surface area contributed by atoms with Gasteiger partial charge in [0.2, 0.25) is 0 Å². The molecule has 0 amide bonds. The Morgan fingerprint density at radius 2 is 2.00 bits per heavy atom. The normalized spacial score (nSPS) is 11.1. The number of ether oxygens (including phenoxy) is 1. The lowest BCUT2D eigenvalue weighted by atomic mass is 10.2. The Kier molecular flexibility index (Phi) is 6.44. The van der Waals surface area contributed by atoms with Crippen LogP contribution in [0.15, 0.2) is 41.3 Å². The van der Waals surface area contributed by atoms with Crippen LogP contribution in [-0.2, 0) is 11.3 Å². The Balaban J connectivity index is 1.76. The molecular formula is C17H24N2O2. The second-order valence-electron chi connectivity index (χ2n) is 5.12. The van der Waals surface area contributed by atoms with E-state index < -0.39 is 0 Å². The van der Waals surface area contributed by atoms with Gasteiger partial charge in [0.25, 0.3) is 5.56 Å². The monoisotopic (exact) mass is 288 g/mol. The van der Waals surface area contributed by atoms with Gasteiger partial charge in [-0.3, -0.25) is 4.79 Å². The summed E-state index contributed by atoms with van der Waals surface area (Å²) < 4.78 is 7.23. The Morgan fingerprint density at radius 1 is 1.14 bits per heavy atom. The number of hydrogen-bond donors (Lipinski definition) is 1. The van der Waals surface area contributed by atoms with Crippen molar-refractivity contribution >= 4 is 10.8 Å². The first-order valence-electron chi connectivity index (χ1n) is 7.69. The molecule has 4 nitrogen and oxygen atoms in total. The number of benzene rings is 1. The van der Waals surface area contributed by atoms with Crippen LogP contribution in [0.5, 0.6) is 0 Å². The number of nitrogens with one attached hydrogen (secondary N) is 1. The van der Waals surface area contributed by atoms with Crippen LogP contribution in [0, 0.1) is 0 Å². The number of aromatic nitrogens is 1. The zero-order valence-electron chi connectivity index (χ0n) is 12.7. The van der Waals surface area contributed by atoms with Crippen LogP contribution in [0.25, 0.3) is 10.8 Å². The fourth-order valence-electron chi connectivity index (χ4n) is 2.22. The molecule has 0 fully saturated rings. The minimum absolute atomic E-state index is 0.0779. The molecule has 0 bridgehead atoms. The Morgan fingerprint density at radius 3 is 2.86 bits per heavy atom. The maximum Gasteiger partial charge on any atom is 0.258 e. The minimum Gasteiger partial charge on any atom is -0.380 e. The lowest BCUT2D eigenvalue weighted by Gasteiger charge is -2.09. The van der Waals surface area contributed by atoms with Crippen molar-refractivity contribution in [3.8, 4) is 0 Å². The van der Waals surface area contributed by atoms with Crippen molar-refractivity contribution in [1.29, 1.82) is 0 Å². The van der Waals surface area contributed by atoms with Crippen molar-refractivity contribution in [2.75, 3.05) is 26.3 Å². The van der Waals surface area contributed by atoms with E-state index in [1.54, 1.807) is 4.57 Å². The quantitative estimate of drug-likeness (QED) is 0.721. The van der Waals surface area contributed by atoms with Gasteiger partial charge >= 0.3 is 0 Å². The van der Waals surface area contributed by atoms with Crippen molar-refractivity contribution < 1.29 is 4.74 Å². The maximum absolute atomic E-state index is 12.3. The minimum atomic E-state index is 0.0779. The summed E-state index contributed by atoms with van der Waals surface area (Å²) in [4.78, 5) is 12.3. The van der Waals surface area contributed by atoms with Gasteiger partial charge in [0.15, 0.2) is 0 Å². The van der Waals surface area contributed by atoms with Gasteiger partial charge < -0.3 is 14.6 Å². The molecule has 2 rings (SSSR count). The van der Waals surface area contributed by atoms with E-state index in [2.05, 4.69) is 12.2 Å². The zero-order chi connectivity index (χ0) is 14.9. The standard InChI is InChI=1S/C17H24N2O2/c1-2-3-13-21-14-10-18-9-12-19-11-8-15-6-4-5-7-16(15)17(19)20/h4-8,11,18H,2-3,9-10,12-14H2,1H3. The molecule has 4 heteroatoms. The summed E-state index contributed by atoms with van der Waals surface area (Å²) in [6.07, 6.45) is 4.15. The first-order valence-corrected chi connectivity index (χ1v) is 7.69. The SMILES string of the molecule is CCCCOCCNCCn1ccc2ccccc2c1=O. The van der Waals surface area contributed by atoms with Crippen LogP contribution in [0.1, 0.15) is 19.8 Å². The van der Waals surface area contributed by atoms with E-state index in [0.29, 0.717) is 6.54 Å². The Hall–Kier alpha value is -1.65. The first-order chi connectivity index (χ1) is 10.3. The molecule has 0 atom stereocenters. The first kappa shape index (κ1) is 15.7. The largest absolute Gasteiger partial charge is 0.380 e. The van der Waals surface area contributed by atoms with Crippen LogP contribution < -0.4 is 10.9 Å². The van der Waals surface area contributed by atoms with Crippen molar-refractivity contribution in [2.24, 2.45) is 0 Å². The molecule has 0 aliphatic heterocycles. The third kappa shape index (κ3) is 4.69. The highest BCUT2D eigenvalue weighted by atomic mass is 16.5. The summed E-state index contributed by atoms with van der Waals surface area (Å²) >= 11 is 0. The second kappa shape index (κ2) is 8.60. The third-order valence-corrected chi connectivity index (χ3v) is 3.48. The van der Waals surface area contributed by atoms with Gasteiger partial charge in [-0.1, -0.05) is 31.5 Å². The van der Waals surface area contributed by atoms with Crippen molar-refractivity contribution in [1.82, 2.24) is 9.88 Å². The smallest absolute Gasteiger partial charge is 0.258 e. The number of unbranched alkanes of at least 4 members (excludes halogenated alkanes) is 1. The average Bonchev–Trinajstić information content (AvgIpc) is 2.52. The van der Waals surface area contributed by atoms with E-state index in [1.165, 1.54) is 0 Å². The van der Waals surface area contributed by atoms with Gasteiger partial charge in [0, 0.05) is 37.8 Å². The molecule has 1 aromatic carbocycles. The van der Waals surface area contributed by atoms with Crippen LogP contribution in [-0.4, -0.2) is 30.9 Å². The summed E-state index contributed by atoms with van der Waals surface area (Å²) in [5.41, 5.74) is 0.0779. The van der Waals surface area contributed by atoms with Crippen LogP contribution in [0.4, 0.5) is 0 Å². The molecule has 1 aromatic heterocycles. The number of nitrogens with zero attached hydrogens (tertiary/aromatic N) is 1. The summed E-state index contributed by atoms with van der Waals surface area (Å²) in [6.45, 7) is 6.00. The lowest BCUT2D eigenvalue weighted by molar-refractivity contribution is 0.133. The summed E-state index contributed by atoms with van der Waals surface area (Å²) in [6, 6.07) is 9.69. The Bertz CT molecular complexity index is 607. The molecule has 0 unspecified atom stereocenters. The molecule has 0 saturated heterocycles. The highest BCUT2D eigenvalue weighted by Gasteiger charge is 2.01. The lowest BCUT2D eigenvalue weighted by Crippen LogP contribution is -2.28. The van der Waals surface area contributed by atoms with E-state index >= 15 is 0 Å². The van der Waals surface area contributed by atoms with Crippen molar-refractivity contribution in [2.45, 2.75) is 26.3 Å². The summed E-state index contributed by atoms with van der Waals surface area (Å²) in [5.74, 6) is 0. The average molecular weight is 288 g/mol. The van der Waals surface area contributed by atoms with Gasteiger partial charge in [-0.15, -0.1) is 0 Å². The van der Waals surface area contributed by atoms with Gasteiger partial charge in [-0.05, 0) is 23.9 Å².